The molecule has 2 saturated carbocycles. The Hall–Kier alpha value is -1.01. The first kappa shape index (κ1) is 21.2. The van der Waals surface area contributed by atoms with Crippen LogP contribution in [0.15, 0.2) is 22.7 Å². The van der Waals surface area contributed by atoms with Crippen LogP contribution in [-0.4, -0.2) is 36.0 Å². The number of amides is 1. The van der Waals surface area contributed by atoms with Gasteiger partial charge in [0.05, 0.1) is 6.10 Å². The van der Waals surface area contributed by atoms with E-state index in [0.29, 0.717) is 38.8 Å². The van der Waals surface area contributed by atoms with Crippen LogP contribution in [0, 0.1) is 24.7 Å². The van der Waals surface area contributed by atoms with Gasteiger partial charge in [0, 0.05) is 41.9 Å². The van der Waals surface area contributed by atoms with Crippen molar-refractivity contribution in [2.24, 2.45) is 17.8 Å². The zero-order valence-electron chi connectivity index (χ0n) is 17.0. The fourth-order valence-corrected chi connectivity index (χ4v) is 5.99. The lowest BCUT2D eigenvalue weighted by Gasteiger charge is -2.46. The maximum atomic E-state index is 14.6. The van der Waals surface area contributed by atoms with Gasteiger partial charge in [-0.25, -0.2) is 8.78 Å². The molecule has 29 heavy (non-hydrogen) atoms. The van der Waals surface area contributed by atoms with E-state index < -0.39 is 17.8 Å². The SMILES string of the molecule is Cc1ccc(CN(CC2CCCO2)C(=O)C2CC3CCCC(C2)C3(F)F)c(Br)c1. The van der Waals surface area contributed by atoms with Gasteiger partial charge in [-0.1, -0.05) is 34.5 Å². The van der Waals surface area contributed by atoms with Crippen molar-refractivity contribution in [2.75, 3.05) is 13.2 Å². The quantitative estimate of drug-likeness (QED) is 0.551. The number of halogens is 3. The van der Waals surface area contributed by atoms with E-state index in [-0.39, 0.29) is 17.9 Å². The van der Waals surface area contributed by atoms with Crippen LogP contribution < -0.4 is 0 Å². The Labute approximate surface area is 180 Å². The van der Waals surface area contributed by atoms with E-state index >= 15 is 0 Å². The zero-order valence-corrected chi connectivity index (χ0v) is 18.6. The van der Waals surface area contributed by atoms with Gasteiger partial charge in [0.2, 0.25) is 5.91 Å². The smallest absolute Gasteiger partial charge is 0.253 e. The lowest BCUT2D eigenvalue weighted by atomic mass is 9.65. The Balaban J connectivity index is 1.52. The molecule has 0 N–H and O–H groups in total. The normalized spacial score (nSPS) is 30.9. The van der Waals surface area contributed by atoms with E-state index in [1.54, 1.807) is 0 Å². The molecule has 2 aliphatic carbocycles. The number of alkyl halides is 2. The Morgan fingerprint density at radius 2 is 1.93 bits per heavy atom. The molecule has 1 saturated heterocycles. The van der Waals surface area contributed by atoms with Crippen LogP contribution >= 0.6 is 15.9 Å². The monoisotopic (exact) mass is 469 g/mol. The Bertz CT molecular complexity index is 734. The summed E-state index contributed by atoms with van der Waals surface area (Å²) in [6.45, 7) is 3.80. The van der Waals surface area contributed by atoms with Crippen molar-refractivity contribution in [3.63, 3.8) is 0 Å². The van der Waals surface area contributed by atoms with Crippen LogP contribution in [0.4, 0.5) is 8.78 Å². The first-order chi connectivity index (χ1) is 13.8. The molecule has 3 nitrogen and oxygen atoms in total. The van der Waals surface area contributed by atoms with E-state index in [0.717, 1.165) is 41.5 Å². The van der Waals surface area contributed by atoms with Gasteiger partial charge >= 0.3 is 0 Å². The molecule has 0 spiro atoms. The third-order valence-electron chi connectivity index (χ3n) is 7.01. The first-order valence-electron chi connectivity index (χ1n) is 10.9. The van der Waals surface area contributed by atoms with Gasteiger partial charge in [0.1, 0.15) is 0 Å². The molecule has 3 fully saturated rings. The van der Waals surface area contributed by atoms with Crippen molar-refractivity contribution >= 4 is 21.8 Å². The second kappa shape index (κ2) is 8.62. The number of hydrogen-bond acceptors (Lipinski definition) is 2. The van der Waals surface area contributed by atoms with Crippen molar-refractivity contribution in [3.05, 3.63) is 33.8 Å². The average molecular weight is 470 g/mol. The molecule has 1 aliphatic heterocycles. The van der Waals surface area contributed by atoms with Crippen LogP contribution in [0.25, 0.3) is 0 Å². The molecule has 2 bridgehead atoms. The summed E-state index contributed by atoms with van der Waals surface area (Å²) < 4.78 is 35.9. The summed E-state index contributed by atoms with van der Waals surface area (Å²) in [5.74, 6) is -4.15. The van der Waals surface area contributed by atoms with E-state index in [1.165, 1.54) is 0 Å². The highest BCUT2D eigenvalue weighted by atomic mass is 79.9. The fraction of sp³-hybridized carbons (Fsp3) is 0.696. The maximum Gasteiger partial charge on any atom is 0.253 e. The van der Waals surface area contributed by atoms with Crippen molar-refractivity contribution < 1.29 is 18.3 Å². The molecule has 3 aliphatic rings. The minimum atomic E-state index is -2.60. The van der Waals surface area contributed by atoms with Gasteiger partial charge in [-0.3, -0.25) is 4.79 Å². The number of rotatable bonds is 5. The number of carbonyl (C=O) groups is 1. The summed E-state index contributed by atoms with van der Waals surface area (Å²) in [6.07, 6.45) is 4.60. The summed E-state index contributed by atoms with van der Waals surface area (Å²) in [4.78, 5) is 15.4. The number of benzene rings is 1. The summed E-state index contributed by atoms with van der Waals surface area (Å²) in [5, 5.41) is 0. The third-order valence-corrected chi connectivity index (χ3v) is 7.75. The van der Waals surface area contributed by atoms with Crippen molar-refractivity contribution in [3.8, 4) is 0 Å². The second-order valence-electron chi connectivity index (χ2n) is 9.12. The van der Waals surface area contributed by atoms with Crippen LogP contribution in [0.5, 0.6) is 0 Å². The lowest BCUT2D eigenvalue weighted by molar-refractivity contribution is -0.174. The minimum absolute atomic E-state index is 0.0281. The van der Waals surface area contributed by atoms with Gasteiger partial charge in [-0.15, -0.1) is 0 Å². The topological polar surface area (TPSA) is 29.5 Å². The fourth-order valence-electron chi connectivity index (χ4n) is 5.37. The molecule has 1 amide bonds. The summed E-state index contributed by atoms with van der Waals surface area (Å²) in [5.41, 5.74) is 2.20. The first-order valence-corrected chi connectivity index (χ1v) is 11.7. The Morgan fingerprint density at radius 1 is 1.21 bits per heavy atom. The molecule has 1 aromatic carbocycles. The van der Waals surface area contributed by atoms with Crippen molar-refractivity contribution in [1.29, 1.82) is 0 Å². The standard InChI is InChI=1S/C23H30BrF2NO2/c1-15-7-8-16(21(24)10-15)13-27(14-20-6-3-9-29-20)22(28)17-11-18-4-2-5-19(12-17)23(18,25)26/h7-8,10,17-20H,2-6,9,11-14H2,1H3. The maximum absolute atomic E-state index is 14.6. The number of aryl methyl sites for hydroxylation is 1. The van der Waals surface area contributed by atoms with Gasteiger partial charge in [0.25, 0.3) is 5.92 Å². The molecule has 1 aromatic rings. The highest BCUT2D eigenvalue weighted by Gasteiger charge is 2.55. The summed E-state index contributed by atoms with van der Waals surface area (Å²) >= 11 is 3.62. The van der Waals surface area contributed by atoms with Gasteiger partial charge in [-0.05, 0) is 62.6 Å². The molecule has 3 unspecified atom stereocenters. The highest BCUT2D eigenvalue weighted by Crippen LogP contribution is 2.52. The molecule has 6 heteroatoms. The molecule has 3 atom stereocenters. The number of carbonyl (C=O) groups excluding carboxylic acids is 1. The van der Waals surface area contributed by atoms with E-state index in [9.17, 15) is 13.6 Å². The Morgan fingerprint density at radius 3 is 2.55 bits per heavy atom. The van der Waals surface area contributed by atoms with Gasteiger partial charge < -0.3 is 9.64 Å². The highest BCUT2D eigenvalue weighted by molar-refractivity contribution is 9.10. The summed E-state index contributed by atoms with van der Waals surface area (Å²) in [7, 11) is 0. The lowest BCUT2D eigenvalue weighted by Crippen LogP contribution is -2.50. The number of nitrogens with zero attached hydrogens (tertiary/aromatic N) is 1. The van der Waals surface area contributed by atoms with Crippen LogP contribution in [0.2, 0.25) is 0 Å². The predicted molar refractivity (Wildman–Crippen MR) is 112 cm³/mol. The number of fused-ring (bicyclic) bond motifs is 2. The largest absolute Gasteiger partial charge is 0.376 e. The van der Waals surface area contributed by atoms with Crippen LogP contribution in [-0.2, 0) is 16.1 Å². The van der Waals surface area contributed by atoms with Crippen LogP contribution in [0.1, 0.15) is 56.1 Å². The summed E-state index contributed by atoms with van der Waals surface area (Å²) in [6, 6.07) is 6.13. The molecular weight excluding hydrogens is 440 g/mol. The zero-order chi connectivity index (χ0) is 20.6. The minimum Gasteiger partial charge on any atom is -0.376 e. The Kier molecular flexibility index (Phi) is 6.31. The molecule has 160 valence electrons. The van der Waals surface area contributed by atoms with E-state index in [4.69, 9.17) is 4.74 Å². The molecular formula is C23H30BrF2NO2. The van der Waals surface area contributed by atoms with Gasteiger partial charge in [-0.2, -0.15) is 0 Å². The van der Waals surface area contributed by atoms with Gasteiger partial charge in [0.15, 0.2) is 0 Å². The number of ether oxygens (including phenoxy) is 1. The van der Waals surface area contributed by atoms with Crippen molar-refractivity contribution in [2.45, 2.75) is 70.4 Å². The second-order valence-corrected chi connectivity index (χ2v) is 9.97. The number of hydrogen-bond donors (Lipinski definition) is 0. The van der Waals surface area contributed by atoms with Crippen LogP contribution in [0.3, 0.4) is 0 Å². The molecule has 0 radical (unpaired) electrons. The predicted octanol–water partition coefficient (Wildman–Crippen LogP) is 5.73. The molecule has 1 heterocycles. The molecule has 4 rings (SSSR count). The third kappa shape index (κ3) is 4.53. The average Bonchev–Trinajstić information content (AvgIpc) is 3.15. The van der Waals surface area contributed by atoms with E-state index in [1.807, 2.05) is 24.0 Å². The molecule has 0 aromatic heterocycles. The van der Waals surface area contributed by atoms with E-state index in [2.05, 4.69) is 22.0 Å². The van der Waals surface area contributed by atoms with Crippen molar-refractivity contribution in [1.82, 2.24) is 4.90 Å².